The molecule has 0 aromatic carbocycles. The zero-order valence-electron chi connectivity index (χ0n) is 6.81. The van der Waals surface area contributed by atoms with Crippen LogP contribution in [0.25, 0.3) is 4.85 Å². The maximum Gasteiger partial charge on any atom is 0.334 e. The molecule has 1 N–H and O–H groups in total. The zero-order valence-corrected chi connectivity index (χ0v) is 6.81. The first-order valence-corrected chi connectivity index (χ1v) is 3.39. The molecule has 0 aliphatic rings. The normalized spacial score (nSPS) is 8.92. The fraction of sp³-hybridized carbons (Fsp3) is 0.143. The van der Waals surface area contributed by atoms with Gasteiger partial charge in [-0.1, -0.05) is 11.6 Å². The van der Waals surface area contributed by atoms with Gasteiger partial charge < -0.3 is 10.2 Å². The van der Waals surface area contributed by atoms with Gasteiger partial charge in [-0.25, -0.2) is 0 Å². The smallest absolute Gasteiger partial charge is 0.334 e. The van der Waals surface area contributed by atoms with E-state index in [1.54, 1.807) is 0 Å². The minimum atomic E-state index is -0.549. The minimum Gasteiger partial charge on any atom is -0.361 e. The Bertz CT molecular complexity index is 383. The molecule has 6 nitrogen and oxygen atoms in total. The summed E-state index contributed by atoms with van der Waals surface area (Å²) < 4.78 is 0. The zero-order chi connectivity index (χ0) is 9.84. The van der Waals surface area contributed by atoms with Gasteiger partial charge in [0.15, 0.2) is 0 Å². The topological polar surface area (TPSA) is 72.4 Å². The summed E-state index contributed by atoms with van der Waals surface area (Å²) in [7, 11) is 1.52. The third-order valence-electron chi connectivity index (χ3n) is 1.41. The average molecular weight is 178 g/mol. The Kier molecular flexibility index (Phi) is 2.40. The Morgan fingerprint density at radius 3 is 2.85 bits per heavy atom. The lowest BCUT2D eigenvalue weighted by atomic mass is 10.4. The van der Waals surface area contributed by atoms with E-state index in [1.165, 1.54) is 19.2 Å². The maximum atomic E-state index is 10.4. The summed E-state index contributed by atoms with van der Waals surface area (Å²) in [5.74, 6) is 0.244. The summed E-state index contributed by atoms with van der Waals surface area (Å²) in [6.45, 7) is 6.66. The van der Waals surface area contributed by atoms with Crippen molar-refractivity contribution >= 4 is 17.3 Å². The van der Waals surface area contributed by atoms with E-state index in [2.05, 4.69) is 15.1 Å². The van der Waals surface area contributed by atoms with Gasteiger partial charge in [0.25, 0.3) is 11.6 Å². The first kappa shape index (κ1) is 8.93. The van der Waals surface area contributed by atoms with Crippen LogP contribution in [0, 0.1) is 16.7 Å². The molecule has 0 aliphatic heterocycles. The molecule has 0 fully saturated rings. The van der Waals surface area contributed by atoms with Crippen molar-refractivity contribution in [1.82, 2.24) is 4.98 Å². The van der Waals surface area contributed by atoms with Crippen molar-refractivity contribution < 1.29 is 4.92 Å². The lowest BCUT2D eigenvalue weighted by Crippen LogP contribution is -1.98. The van der Waals surface area contributed by atoms with Gasteiger partial charge in [-0.15, -0.1) is 0 Å². The highest BCUT2D eigenvalue weighted by atomic mass is 16.6. The second-order valence-electron chi connectivity index (χ2n) is 2.16. The van der Waals surface area contributed by atoms with E-state index in [-0.39, 0.29) is 17.3 Å². The fourth-order valence-electron chi connectivity index (χ4n) is 0.835. The molecule has 1 heterocycles. The first-order valence-electron chi connectivity index (χ1n) is 3.39. The minimum absolute atomic E-state index is 0.110. The summed E-state index contributed by atoms with van der Waals surface area (Å²) in [5, 5.41) is 13.0. The van der Waals surface area contributed by atoms with E-state index in [1.807, 2.05) is 0 Å². The van der Waals surface area contributed by atoms with Gasteiger partial charge in [0.1, 0.15) is 0 Å². The maximum absolute atomic E-state index is 10.4. The Morgan fingerprint density at radius 2 is 2.38 bits per heavy atom. The molecule has 0 unspecified atom stereocenters. The van der Waals surface area contributed by atoms with E-state index in [0.717, 1.165) is 0 Å². The number of hydrogen-bond donors (Lipinski definition) is 1. The van der Waals surface area contributed by atoms with Gasteiger partial charge in [-0.2, -0.15) is 0 Å². The standard InChI is InChI=1S/C7H6N4O2/c1-8-6-4-3-5(11(12)13)7(9-2)10-6/h3-4H,2H3,(H,9,10). The molecule has 6 heteroatoms. The molecular formula is C7H6N4O2. The second-order valence-corrected chi connectivity index (χ2v) is 2.16. The predicted octanol–water partition coefficient (Wildman–Crippen LogP) is 1.58. The van der Waals surface area contributed by atoms with Crippen molar-refractivity contribution in [2.24, 2.45) is 0 Å². The summed E-state index contributed by atoms with van der Waals surface area (Å²) in [5.41, 5.74) is -0.130. The largest absolute Gasteiger partial charge is 0.361 e. The highest BCUT2D eigenvalue weighted by Crippen LogP contribution is 2.24. The van der Waals surface area contributed by atoms with E-state index in [9.17, 15) is 10.1 Å². The molecule has 0 amide bonds. The third kappa shape index (κ3) is 1.70. The monoisotopic (exact) mass is 178 g/mol. The number of aromatic nitrogens is 1. The van der Waals surface area contributed by atoms with Crippen molar-refractivity contribution in [3.05, 3.63) is 33.7 Å². The van der Waals surface area contributed by atoms with Crippen LogP contribution in [0.1, 0.15) is 0 Å². The summed E-state index contributed by atoms with van der Waals surface area (Å²) in [4.78, 5) is 16.7. The molecule has 0 saturated carbocycles. The molecule has 66 valence electrons. The van der Waals surface area contributed by atoms with Crippen molar-refractivity contribution in [1.29, 1.82) is 0 Å². The summed E-state index contributed by atoms with van der Waals surface area (Å²) in [6, 6.07) is 2.57. The third-order valence-corrected chi connectivity index (χ3v) is 1.41. The highest BCUT2D eigenvalue weighted by molar-refractivity contribution is 5.60. The number of hydrogen-bond acceptors (Lipinski definition) is 4. The molecule has 1 aromatic rings. The van der Waals surface area contributed by atoms with Crippen LogP contribution in [0.15, 0.2) is 12.1 Å². The molecule has 13 heavy (non-hydrogen) atoms. The lowest BCUT2D eigenvalue weighted by molar-refractivity contribution is -0.384. The molecule has 1 aromatic heterocycles. The quantitative estimate of drug-likeness (QED) is 0.424. The molecule has 0 spiro atoms. The number of nitrogens with one attached hydrogen (secondary N) is 1. The van der Waals surface area contributed by atoms with E-state index in [0.29, 0.717) is 0 Å². The van der Waals surface area contributed by atoms with Crippen LogP contribution >= 0.6 is 0 Å². The van der Waals surface area contributed by atoms with E-state index in [4.69, 9.17) is 6.57 Å². The number of nitro groups is 1. The second kappa shape index (κ2) is 3.49. The molecule has 0 aliphatic carbocycles. The molecule has 0 radical (unpaired) electrons. The van der Waals surface area contributed by atoms with Crippen LogP contribution in [-0.4, -0.2) is 17.0 Å². The van der Waals surface area contributed by atoms with Crippen molar-refractivity contribution in [2.75, 3.05) is 12.4 Å². The molecule has 0 saturated heterocycles. The molecule has 0 atom stereocenters. The van der Waals surface area contributed by atoms with Crippen LogP contribution < -0.4 is 5.32 Å². The molecule has 1 rings (SSSR count). The lowest BCUT2D eigenvalue weighted by Gasteiger charge is -1.96. The van der Waals surface area contributed by atoms with E-state index < -0.39 is 4.92 Å². The van der Waals surface area contributed by atoms with E-state index >= 15 is 0 Å². The van der Waals surface area contributed by atoms with Crippen LogP contribution in [0.5, 0.6) is 0 Å². The van der Waals surface area contributed by atoms with Gasteiger partial charge in [0, 0.05) is 13.1 Å². The first-order chi connectivity index (χ1) is 6.19. The number of pyridine rings is 1. The number of anilines is 1. The van der Waals surface area contributed by atoms with Crippen LogP contribution in [0.3, 0.4) is 0 Å². The Labute approximate surface area is 74.2 Å². The average Bonchev–Trinajstić information content (AvgIpc) is 2.16. The van der Waals surface area contributed by atoms with Crippen LogP contribution in [0.2, 0.25) is 0 Å². The SMILES string of the molecule is [C-]#[N+]c1ccc([N+](=O)[O-])c(NC)n1. The van der Waals surface area contributed by atoms with Crippen molar-refractivity contribution in [3.63, 3.8) is 0 Å². The highest BCUT2D eigenvalue weighted by Gasteiger charge is 2.17. The van der Waals surface area contributed by atoms with Crippen LogP contribution in [0.4, 0.5) is 17.3 Å². The van der Waals surface area contributed by atoms with Crippen LogP contribution in [-0.2, 0) is 0 Å². The predicted molar refractivity (Wildman–Crippen MR) is 46.7 cm³/mol. The number of nitrogens with zero attached hydrogens (tertiary/aromatic N) is 3. The van der Waals surface area contributed by atoms with Gasteiger partial charge in [-0.05, 0) is 6.07 Å². The molecular weight excluding hydrogens is 172 g/mol. The van der Waals surface area contributed by atoms with Gasteiger partial charge in [0.05, 0.1) is 4.92 Å². The van der Waals surface area contributed by atoms with Crippen molar-refractivity contribution in [3.8, 4) is 0 Å². The van der Waals surface area contributed by atoms with Crippen molar-refractivity contribution in [2.45, 2.75) is 0 Å². The summed E-state index contributed by atoms with van der Waals surface area (Å²) in [6.07, 6.45) is 0. The Morgan fingerprint density at radius 1 is 1.69 bits per heavy atom. The Hall–Kier alpha value is -2.16. The fourth-order valence-corrected chi connectivity index (χ4v) is 0.835. The van der Waals surface area contributed by atoms with Gasteiger partial charge in [0.2, 0.25) is 0 Å². The molecule has 0 bridgehead atoms. The number of rotatable bonds is 2. The van der Waals surface area contributed by atoms with Gasteiger partial charge in [-0.3, -0.25) is 10.1 Å². The van der Waals surface area contributed by atoms with Gasteiger partial charge >= 0.3 is 5.69 Å². The Balaban J connectivity index is 3.25. The summed E-state index contributed by atoms with van der Waals surface area (Å²) >= 11 is 0.